The van der Waals surface area contributed by atoms with Crippen molar-refractivity contribution in [2.45, 2.75) is 12.8 Å². The van der Waals surface area contributed by atoms with Crippen LogP contribution in [0, 0.1) is 0 Å². The lowest BCUT2D eigenvalue weighted by molar-refractivity contribution is -0.125. The Kier molecular flexibility index (Phi) is 3.14. The lowest BCUT2D eigenvalue weighted by Gasteiger charge is -2.13. The van der Waals surface area contributed by atoms with Crippen molar-refractivity contribution >= 4 is 38.5 Å². The van der Waals surface area contributed by atoms with Gasteiger partial charge in [0.15, 0.2) is 0 Å². The van der Waals surface area contributed by atoms with Gasteiger partial charge in [-0.15, -0.1) is 0 Å². The first-order valence-corrected chi connectivity index (χ1v) is 7.06. The summed E-state index contributed by atoms with van der Waals surface area (Å²) in [6, 6.07) is 5.64. The number of fused-ring (bicyclic) bond motifs is 1. The van der Waals surface area contributed by atoms with Crippen molar-refractivity contribution in [1.29, 1.82) is 0 Å². The van der Waals surface area contributed by atoms with Crippen LogP contribution in [0.4, 0.5) is 0 Å². The lowest BCUT2D eigenvalue weighted by Crippen LogP contribution is -2.34. The molecule has 0 atom stereocenters. The number of ketones is 1. The number of Topliss-reactive ketones (excluding diaryl/α,β-unsaturated/α-hetero) is 1. The van der Waals surface area contributed by atoms with Crippen LogP contribution in [0.2, 0.25) is 0 Å². The first-order valence-electron chi connectivity index (χ1n) is 6.27. The molecule has 1 amide bonds. The van der Waals surface area contributed by atoms with Crippen molar-refractivity contribution in [3.05, 3.63) is 34.4 Å². The smallest absolute Gasteiger partial charge is 0.295 e. The van der Waals surface area contributed by atoms with Gasteiger partial charge in [-0.2, -0.15) is 0 Å². The number of nitrogens with one attached hydrogen (secondary N) is 1. The van der Waals surface area contributed by atoms with Crippen molar-refractivity contribution in [3.8, 4) is 0 Å². The van der Waals surface area contributed by atoms with E-state index in [2.05, 4.69) is 20.9 Å². The number of aromatic amines is 1. The zero-order valence-corrected chi connectivity index (χ0v) is 11.9. The molecule has 1 aliphatic heterocycles. The summed E-state index contributed by atoms with van der Waals surface area (Å²) in [6.07, 6.45) is 3.59. The maximum absolute atomic E-state index is 12.3. The third-order valence-corrected chi connectivity index (χ3v) is 3.97. The second-order valence-corrected chi connectivity index (χ2v) is 5.64. The second-order valence-electron chi connectivity index (χ2n) is 4.72. The van der Waals surface area contributed by atoms with E-state index < -0.39 is 11.7 Å². The van der Waals surface area contributed by atoms with E-state index in [0.717, 1.165) is 28.2 Å². The van der Waals surface area contributed by atoms with E-state index >= 15 is 0 Å². The van der Waals surface area contributed by atoms with Gasteiger partial charge in [0, 0.05) is 34.7 Å². The molecular weight excluding hydrogens is 308 g/mol. The Morgan fingerprint density at radius 2 is 1.95 bits per heavy atom. The molecule has 0 spiro atoms. The van der Waals surface area contributed by atoms with Gasteiger partial charge < -0.3 is 9.88 Å². The summed E-state index contributed by atoms with van der Waals surface area (Å²) in [6.45, 7) is 1.38. The van der Waals surface area contributed by atoms with Gasteiger partial charge in [0.1, 0.15) is 0 Å². The van der Waals surface area contributed by atoms with Gasteiger partial charge in [-0.1, -0.05) is 15.9 Å². The Balaban J connectivity index is 1.97. The number of likely N-dealkylation sites (tertiary alicyclic amines) is 1. The van der Waals surface area contributed by atoms with Crippen LogP contribution in [0.25, 0.3) is 10.9 Å². The monoisotopic (exact) mass is 320 g/mol. The molecule has 1 aromatic heterocycles. The van der Waals surface area contributed by atoms with Gasteiger partial charge in [0.05, 0.1) is 5.56 Å². The average Bonchev–Trinajstić information content (AvgIpc) is 3.05. The van der Waals surface area contributed by atoms with E-state index in [4.69, 9.17) is 0 Å². The van der Waals surface area contributed by atoms with Crippen LogP contribution in [-0.2, 0) is 4.79 Å². The molecule has 5 heteroatoms. The van der Waals surface area contributed by atoms with E-state index in [0.29, 0.717) is 18.7 Å². The average molecular weight is 321 g/mol. The predicted octanol–water partition coefficient (Wildman–Crippen LogP) is 2.74. The second kappa shape index (κ2) is 4.81. The fourth-order valence-corrected chi connectivity index (χ4v) is 2.82. The maximum Gasteiger partial charge on any atom is 0.295 e. The van der Waals surface area contributed by atoms with Crippen molar-refractivity contribution in [3.63, 3.8) is 0 Å². The Morgan fingerprint density at radius 1 is 1.21 bits per heavy atom. The molecule has 1 N–H and O–H groups in total. The molecule has 19 heavy (non-hydrogen) atoms. The molecule has 3 rings (SSSR count). The number of hydrogen-bond acceptors (Lipinski definition) is 2. The Bertz CT molecular complexity index is 657. The molecule has 1 aliphatic rings. The Labute approximate surface area is 118 Å². The topological polar surface area (TPSA) is 53.2 Å². The summed E-state index contributed by atoms with van der Waals surface area (Å²) in [5.41, 5.74) is 1.31. The van der Waals surface area contributed by atoms with E-state index in [-0.39, 0.29) is 0 Å². The Hall–Kier alpha value is -1.62. The summed E-state index contributed by atoms with van der Waals surface area (Å²) in [7, 11) is 0. The van der Waals surface area contributed by atoms with Crippen LogP contribution in [-0.4, -0.2) is 34.7 Å². The van der Waals surface area contributed by atoms with Gasteiger partial charge in [-0.25, -0.2) is 0 Å². The number of nitrogens with zero attached hydrogens (tertiary/aromatic N) is 1. The summed E-state index contributed by atoms with van der Waals surface area (Å²) >= 11 is 3.38. The van der Waals surface area contributed by atoms with Crippen LogP contribution in [0.5, 0.6) is 0 Å². The number of carbonyl (C=O) groups excluding carboxylic acids is 2. The fourth-order valence-electron chi connectivity index (χ4n) is 2.46. The molecular formula is C14H13BrN2O2. The fraction of sp³-hybridized carbons (Fsp3) is 0.286. The quantitative estimate of drug-likeness (QED) is 0.683. The van der Waals surface area contributed by atoms with E-state index in [1.54, 1.807) is 11.1 Å². The van der Waals surface area contributed by atoms with E-state index in [1.165, 1.54) is 0 Å². The zero-order valence-electron chi connectivity index (χ0n) is 10.3. The van der Waals surface area contributed by atoms with Crippen LogP contribution in [0.1, 0.15) is 23.2 Å². The van der Waals surface area contributed by atoms with Crippen molar-refractivity contribution < 1.29 is 9.59 Å². The zero-order chi connectivity index (χ0) is 13.4. The minimum absolute atomic E-state index is 0.390. The third-order valence-electron chi connectivity index (χ3n) is 3.48. The number of rotatable bonds is 2. The van der Waals surface area contributed by atoms with Crippen molar-refractivity contribution in [2.24, 2.45) is 0 Å². The molecule has 0 bridgehead atoms. The molecule has 1 fully saturated rings. The number of H-pyrrole nitrogens is 1. The molecule has 1 saturated heterocycles. The minimum Gasteiger partial charge on any atom is -0.360 e. The molecule has 4 nitrogen and oxygen atoms in total. The molecule has 98 valence electrons. The van der Waals surface area contributed by atoms with Crippen LogP contribution in [0.3, 0.4) is 0 Å². The highest BCUT2D eigenvalue weighted by atomic mass is 79.9. The van der Waals surface area contributed by atoms with Crippen molar-refractivity contribution in [1.82, 2.24) is 9.88 Å². The van der Waals surface area contributed by atoms with E-state index in [9.17, 15) is 9.59 Å². The van der Waals surface area contributed by atoms with Crippen LogP contribution >= 0.6 is 15.9 Å². The largest absolute Gasteiger partial charge is 0.360 e. The summed E-state index contributed by atoms with van der Waals surface area (Å²) in [4.78, 5) is 29.1. The van der Waals surface area contributed by atoms with Gasteiger partial charge in [-0.05, 0) is 31.0 Å². The number of benzene rings is 1. The summed E-state index contributed by atoms with van der Waals surface area (Å²) in [5.74, 6) is -0.815. The SMILES string of the molecule is O=C(C(=O)N1CCCC1)c1c[nH]c2ccc(Br)cc12. The minimum atomic E-state index is -0.425. The highest BCUT2D eigenvalue weighted by Gasteiger charge is 2.27. The van der Waals surface area contributed by atoms with Gasteiger partial charge in [-0.3, -0.25) is 9.59 Å². The standard InChI is InChI=1S/C14H13BrN2O2/c15-9-3-4-12-10(7-9)11(8-16-12)13(18)14(19)17-5-1-2-6-17/h3-4,7-8,16H,1-2,5-6H2. The normalized spacial score (nSPS) is 15.1. The number of halogens is 1. The molecule has 0 radical (unpaired) electrons. The van der Waals surface area contributed by atoms with Crippen LogP contribution < -0.4 is 0 Å². The van der Waals surface area contributed by atoms with Crippen molar-refractivity contribution in [2.75, 3.05) is 13.1 Å². The summed E-state index contributed by atoms with van der Waals surface area (Å²) < 4.78 is 0.891. The molecule has 0 aliphatic carbocycles. The number of aromatic nitrogens is 1. The molecule has 2 aromatic rings. The van der Waals surface area contributed by atoms with Gasteiger partial charge >= 0.3 is 0 Å². The molecule has 2 heterocycles. The maximum atomic E-state index is 12.3. The molecule has 1 aromatic carbocycles. The Morgan fingerprint density at radius 3 is 2.68 bits per heavy atom. The summed E-state index contributed by atoms with van der Waals surface area (Å²) in [5, 5.41) is 0.784. The lowest BCUT2D eigenvalue weighted by atomic mass is 10.1. The van der Waals surface area contributed by atoms with Gasteiger partial charge in [0.2, 0.25) is 0 Å². The molecule has 0 saturated carbocycles. The highest BCUT2D eigenvalue weighted by Crippen LogP contribution is 2.24. The predicted molar refractivity (Wildman–Crippen MR) is 76.1 cm³/mol. The number of amides is 1. The molecule has 0 unspecified atom stereocenters. The number of hydrogen-bond donors (Lipinski definition) is 1. The van der Waals surface area contributed by atoms with Crippen LogP contribution in [0.15, 0.2) is 28.9 Å². The number of carbonyl (C=O) groups is 2. The first-order chi connectivity index (χ1) is 9.16. The first kappa shape index (κ1) is 12.4. The van der Waals surface area contributed by atoms with E-state index in [1.807, 2.05) is 18.2 Å². The van der Waals surface area contributed by atoms with Gasteiger partial charge in [0.25, 0.3) is 11.7 Å². The third kappa shape index (κ3) is 2.18. The highest BCUT2D eigenvalue weighted by molar-refractivity contribution is 9.10.